The van der Waals surface area contributed by atoms with Crippen LogP contribution in [0.5, 0.6) is 0 Å². The van der Waals surface area contributed by atoms with Gasteiger partial charge in [-0.15, -0.1) is 0 Å². The van der Waals surface area contributed by atoms with Gasteiger partial charge in [-0.2, -0.15) is 0 Å². The molecule has 0 saturated heterocycles. The van der Waals surface area contributed by atoms with E-state index in [-0.39, 0.29) is 11.8 Å². The standard InChI is InChI=1S/C17H25N3O3/c1-4-5-8-22-9-6-7-18-16(21)13-10-14-15(12(2)3)20-23-17(14)19-11-13/h10-12H,4-9H2,1-3H3,(H,18,21). The predicted octanol–water partition coefficient (Wildman–Crippen LogP) is 3.28. The molecule has 0 aliphatic carbocycles. The van der Waals surface area contributed by atoms with Crippen molar-refractivity contribution in [3.05, 3.63) is 23.5 Å². The number of unbranched alkanes of at least 4 members (excludes halogenated alkanes) is 1. The van der Waals surface area contributed by atoms with Gasteiger partial charge in [0.25, 0.3) is 11.6 Å². The Morgan fingerprint density at radius 2 is 2.13 bits per heavy atom. The zero-order valence-corrected chi connectivity index (χ0v) is 14.1. The lowest BCUT2D eigenvalue weighted by molar-refractivity contribution is 0.0940. The normalized spacial score (nSPS) is 11.3. The Morgan fingerprint density at radius 1 is 1.35 bits per heavy atom. The predicted molar refractivity (Wildman–Crippen MR) is 88.6 cm³/mol. The highest BCUT2D eigenvalue weighted by molar-refractivity contribution is 5.97. The summed E-state index contributed by atoms with van der Waals surface area (Å²) in [4.78, 5) is 16.4. The van der Waals surface area contributed by atoms with Crippen molar-refractivity contribution >= 4 is 17.0 Å². The summed E-state index contributed by atoms with van der Waals surface area (Å²) in [5, 5.41) is 7.71. The number of carbonyl (C=O) groups is 1. The Morgan fingerprint density at radius 3 is 2.87 bits per heavy atom. The maximum Gasteiger partial charge on any atom is 0.257 e. The quantitative estimate of drug-likeness (QED) is 0.718. The third kappa shape index (κ3) is 4.76. The van der Waals surface area contributed by atoms with Crippen LogP contribution in [0.1, 0.15) is 62.0 Å². The number of rotatable bonds is 9. The number of nitrogens with zero attached hydrogens (tertiary/aromatic N) is 2. The molecule has 0 aliphatic heterocycles. The lowest BCUT2D eigenvalue weighted by Crippen LogP contribution is -2.25. The largest absolute Gasteiger partial charge is 0.381 e. The average molecular weight is 319 g/mol. The fourth-order valence-corrected chi connectivity index (χ4v) is 2.22. The molecule has 0 aromatic carbocycles. The van der Waals surface area contributed by atoms with Crippen LogP contribution in [0.3, 0.4) is 0 Å². The Balaban J connectivity index is 1.87. The fourth-order valence-electron chi connectivity index (χ4n) is 2.22. The Labute approximate surface area is 136 Å². The van der Waals surface area contributed by atoms with Gasteiger partial charge < -0.3 is 14.6 Å². The number of fused-ring (bicyclic) bond motifs is 1. The Bertz CT molecular complexity index is 637. The molecule has 2 aromatic rings. The highest BCUT2D eigenvalue weighted by Crippen LogP contribution is 2.23. The zero-order chi connectivity index (χ0) is 16.7. The van der Waals surface area contributed by atoms with Gasteiger partial charge in [-0.3, -0.25) is 4.79 Å². The van der Waals surface area contributed by atoms with Crippen LogP contribution < -0.4 is 5.32 Å². The number of carbonyl (C=O) groups excluding carboxylic acids is 1. The molecule has 0 radical (unpaired) electrons. The molecule has 0 bridgehead atoms. The summed E-state index contributed by atoms with van der Waals surface area (Å²) >= 11 is 0. The highest BCUT2D eigenvalue weighted by Gasteiger charge is 2.15. The number of hydrogen-bond acceptors (Lipinski definition) is 5. The summed E-state index contributed by atoms with van der Waals surface area (Å²) in [5.41, 5.74) is 1.82. The number of pyridine rings is 1. The van der Waals surface area contributed by atoms with Crippen molar-refractivity contribution < 1.29 is 14.1 Å². The van der Waals surface area contributed by atoms with Gasteiger partial charge in [0.15, 0.2) is 0 Å². The molecule has 23 heavy (non-hydrogen) atoms. The topological polar surface area (TPSA) is 77.2 Å². The minimum atomic E-state index is -0.135. The van der Waals surface area contributed by atoms with Crippen LogP contribution in [0.25, 0.3) is 11.1 Å². The molecule has 0 spiro atoms. The van der Waals surface area contributed by atoms with Crippen LogP contribution in [0.2, 0.25) is 0 Å². The van der Waals surface area contributed by atoms with Crippen molar-refractivity contribution in [1.82, 2.24) is 15.5 Å². The monoisotopic (exact) mass is 319 g/mol. The number of aromatic nitrogens is 2. The van der Waals surface area contributed by atoms with Crippen molar-refractivity contribution in [3.63, 3.8) is 0 Å². The van der Waals surface area contributed by atoms with Crippen LogP contribution in [0.4, 0.5) is 0 Å². The van der Waals surface area contributed by atoms with Crippen molar-refractivity contribution in [3.8, 4) is 0 Å². The van der Waals surface area contributed by atoms with E-state index in [0.29, 0.717) is 24.4 Å². The molecule has 1 N–H and O–H groups in total. The minimum Gasteiger partial charge on any atom is -0.381 e. The maximum atomic E-state index is 12.2. The van der Waals surface area contributed by atoms with Gasteiger partial charge in [0, 0.05) is 26.0 Å². The van der Waals surface area contributed by atoms with Crippen LogP contribution in [-0.4, -0.2) is 35.8 Å². The first-order chi connectivity index (χ1) is 11.1. The number of ether oxygens (including phenoxy) is 1. The second-order valence-electron chi connectivity index (χ2n) is 5.87. The lowest BCUT2D eigenvalue weighted by Gasteiger charge is -2.06. The first-order valence-corrected chi connectivity index (χ1v) is 8.24. The Hall–Kier alpha value is -1.95. The summed E-state index contributed by atoms with van der Waals surface area (Å²) in [6.45, 7) is 8.24. The van der Waals surface area contributed by atoms with Crippen LogP contribution in [0, 0.1) is 0 Å². The number of hydrogen-bond donors (Lipinski definition) is 1. The molecule has 0 unspecified atom stereocenters. The molecule has 1 amide bonds. The van der Waals surface area contributed by atoms with E-state index in [1.165, 1.54) is 6.20 Å². The van der Waals surface area contributed by atoms with Gasteiger partial charge in [-0.25, -0.2) is 4.98 Å². The second-order valence-corrected chi connectivity index (χ2v) is 5.87. The fraction of sp³-hybridized carbons (Fsp3) is 0.588. The summed E-state index contributed by atoms with van der Waals surface area (Å²) in [6, 6.07) is 1.79. The molecule has 2 rings (SSSR count). The lowest BCUT2D eigenvalue weighted by atomic mass is 10.1. The van der Waals surface area contributed by atoms with Gasteiger partial charge in [-0.05, 0) is 24.8 Å². The highest BCUT2D eigenvalue weighted by atomic mass is 16.5. The van der Waals surface area contributed by atoms with E-state index < -0.39 is 0 Å². The first kappa shape index (κ1) is 17.4. The van der Waals surface area contributed by atoms with E-state index in [1.54, 1.807) is 6.07 Å². The maximum absolute atomic E-state index is 12.2. The van der Waals surface area contributed by atoms with Crippen molar-refractivity contribution in [1.29, 1.82) is 0 Å². The van der Waals surface area contributed by atoms with E-state index in [1.807, 2.05) is 13.8 Å². The molecule has 2 aromatic heterocycles. The van der Waals surface area contributed by atoms with Crippen molar-refractivity contribution in [2.24, 2.45) is 0 Å². The number of nitrogens with one attached hydrogen (secondary N) is 1. The Kier molecular flexibility index (Phi) is 6.52. The molecule has 0 atom stereocenters. The van der Waals surface area contributed by atoms with E-state index in [9.17, 15) is 4.79 Å². The SMILES string of the molecule is CCCCOCCCNC(=O)c1cnc2onc(C(C)C)c2c1. The van der Waals surface area contributed by atoms with E-state index in [0.717, 1.165) is 36.9 Å². The van der Waals surface area contributed by atoms with Crippen molar-refractivity contribution in [2.45, 2.75) is 46.0 Å². The summed E-state index contributed by atoms with van der Waals surface area (Å²) in [7, 11) is 0. The summed E-state index contributed by atoms with van der Waals surface area (Å²) in [6.07, 6.45) is 4.53. The third-order valence-electron chi connectivity index (χ3n) is 3.56. The molecule has 0 saturated carbocycles. The van der Waals surface area contributed by atoms with Gasteiger partial charge >= 0.3 is 0 Å². The van der Waals surface area contributed by atoms with Crippen molar-refractivity contribution in [2.75, 3.05) is 19.8 Å². The van der Waals surface area contributed by atoms with E-state index in [2.05, 4.69) is 22.4 Å². The van der Waals surface area contributed by atoms with Gasteiger partial charge in [0.1, 0.15) is 0 Å². The molecule has 2 heterocycles. The molecule has 6 nitrogen and oxygen atoms in total. The molecule has 0 fully saturated rings. The summed E-state index contributed by atoms with van der Waals surface area (Å²) < 4.78 is 10.6. The van der Waals surface area contributed by atoms with E-state index in [4.69, 9.17) is 9.26 Å². The third-order valence-corrected chi connectivity index (χ3v) is 3.56. The number of amides is 1. The zero-order valence-electron chi connectivity index (χ0n) is 14.1. The van der Waals surface area contributed by atoms with Crippen LogP contribution in [-0.2, 0) is 4.74 Å². The molecular formula is C17H25N3O3. The minimum absolute atomic E-state index is 0.135. The van der Waals surface area contributed by atoms with E-state index >= 15 is 0 Å². The molecular weight excluding hydrogens is 294 g/mol. The molecule has 0 aliphatic rings. The second kappa shape index (κ2) is 8.62. The van der Waals surface area contributed by atoms with Gasteiger partial charge in [0.2, 0.25) is 0 Å². The van der Waals surface area contributed by atoms with Crippen LogP contribution in [0.15, 0.2) is 16.8 Å². The van der Waals surface area contributed by atoms with Crippen LogP contribution >= 0.6 is 0 Å². The summed E-state index contributed by atoms with van der Waals surface area (Å²) in [5.74, 6) is 0.0838. The van der Waals surface area contributed by atoms with Gasteiger partial charge in [-0.1, -0.05) is 32.3 Å². The smallest absolute Gasteiger partial charge is 0.257 e. The molecule has 126 valence electrons. The average Bonchev–Trinajstić information content (AvgIpc) is 2.97. The van der Waals surface area contributed by atoms with Gasteiger partial charge in [0.05, 0.1) is 16.6 Å². The first-order valence-electron chi connectivity index (χ1n) is 8.24. The molecule has 6 heteroatoms.